The molecule has 0 aromatic carbocycles. The molecule has 18 nitrogen and oxygen atoms in total. The van der Waals surface area contributed by atoms with Crippen LogP contribution in [0.1, 0.15) is 376 Å². The molecule has 21 heteroatoms. The number of aliphatic hydroxyl groups excluding tert-OH is 4. The first kappa shape index (κ1) is 104. The quantitative estimate of drug-likeness (QED) is 0.0710. The molecular weight excluding hydrogens is 1880 g/mol. The molecule has 48 atom stereocenters. The lowest BCUT2D eigenvalue weighted by atomic mass is 9.42. The van der Waals surface area contributed by atoms with Crippen molar-refractivity contribution in [3.8, 4) is 0 Å². The number of rotatable bonds is 16. The van der Waals surface area contributed by atoms with E-state index in [0.29, 0.717) is 117 Å². The minimum atomic E-state index is -0.919. The highest BCUT2D eigenvalue weighted by molar-refractivity contribution is 9.09. The van der Waals surface area contributed by atoms with E-state index in [-0.39, 0.29) is 179 Å². The van der Waals surface area contributed by atoms with E-state index in [1.807, 2.05) is 0 Å². The minimum absolute atomic E-state index is 0.0168. The van der Waals surface area contributed by atoms with Crippen LogP contribution in [-0.2, 0) is 61.9 Å². The molecule has 0 aromatic rings. The maximum atomic E-state index is 13.8. The Morgan fingerprint density at radius 3 is 1.27 bits per heavy atom. The third-order valence-corrected chi connectivity index (χ3v) is 51.6. The lowest BCUT2D eigenvalue weighted by Gasteiger charge is -2.65. The summed E-state index contributed by atoms with van der Waals surface area (Å²) in [6, 6.07) is 0. The average Bonchev–Trinajstić information content (AvgIpc) is 1.45. The van der Waals surface area contributed by atoms with Crippen LogP contribution < -0.4 is 0 Å². The van der Waals surface area contributed by atoms with Gasteiger partial charge in [0.1, 0.15) is 5.78 Å². The van der Waals surface area contributed by atoms with Gasteiger partial charge in [0.25, 0.3) is 0 Å². The van der Waals surface area contributed by atoms with Crippen LogP contribution >= 0.6 is 43.5 Å². The van der Waals surface area contributed by atoms with Crippen LogP contribution in [0.25, 0.3) is 0 Å². The van der Waals surface area contributed by atoms with Gasteiger partial charge in [0.2, 0.25) is 0 Å². The average molecular weight is 2060 g/mol. The smallest absolute Gasteiger partial charge is 0.373 e. The first-order chi connectivity index (χ1) is 64.3. The molecule has 24 fully saturated rings. The van der Waals surface area contributed by atoms with Gasteiger partial charge in [-0.05, 0) is 362 Å². The zero-order chi connectivity index (χ0) is 98.8. The van der Waals surface area contributed by atoms with Crippen molar-refractivity contribution in [3.63, 3.8) is 0 Å². The van der Waals surface area contributed by atoms with E-state index in [2.05, 4.69) is 183 Å². The van der Waals surface area contributed by atoms with Gasteiger partial charge in [-0.1, -0.05) is 180 Å². The van der Waals surface area contributed by atoms with Crippen molar-refractivity contribution in [2.75, 3.05) is 0 Å². The van der Waals surface area contributed by atoms with Gasteiger partial charge >= 0.3 is 12.3 Å². The van der Waals surface area contributed by atoms with Gasteiger partial charge in [-0.3, -0.25) is 4.79 Å². The predicted octanol–water partition coefficient (Wildman–Crippen LogP) is 23.6. The molecule has 5 N–H and O–H groups in total. The van der Waals surface area contributed by atoms with E-state index in [1.54, 1.807) is 0 Å². The number of Topliss-reactive ketones (excluding diaryl/α,β-unsaturated/α-hetero) is 1. The van der Waals surface area contributed by atoms with Crippen molar-refractivity contribution in [1.82, 2.24) is 0 Å². The molecule has 7 spiro atoms. The number of ketones is 1. The number of ether oxygens (including phenoxy) is 8. The molecule has 48 unspecified atom stereocenters. The zero-order valence-corrected chi connectivity index (χ0v) is 91.5. The summed E-state index contributed by atoms with van der Waals surface area (Å²) in [5.41, 5.74) is 0.673. The monoisotopic (exact) mass is 2050 g/mol. The summed E-state index contributed by atoms with van der Waals surface area (Å²) in [6.45, 7) is 55.6. The summed E-state index contributed by atoms with van der Waals surface area (Å²) in [6.07, 6.45) is 38.8. The fourth-order valence-electron chi connectivity index (χ4n) is 41.0. The highest BCUT2D eigenvalue weighted by Crippen LogP contribution is 2.85. The number of allylic oxidation sites excluding steroid dienone is 2. The van der Waals surface area contributed by atoms with Crippen molar-refractivity contribution >= 4 is 61.5 Å². The summed E-state index contributed by atoms with van der Waals surface area (Å²) in [4.78, 5) is 46.8. The number of hydrogen-bond acceptors (Lipinski definition) is 18. The molecule has 0 aromatic heterocycles. The van der Waals surface area contributed by atoms with Crippen molar-refractivity contribution in [2.45, 2.75) is 492 Å². The van der Waals surface area contributed by atoms with Gasteiger partial charge in [-0.2, -0.15) is 19.2 Å². The number of halogens is 3. The predicted molar refractivity (Wildman–Crippen MR) is 532 cm³/mol. The number of fused-ring (bicyclic) bond motifs is 9. The standard InChI is InChI=1S/C29H47BrO3.C29H44O3.C28H45BrO4.C28H43ClO4.2CO2/c1-16(2)18(4)8-11-27(6)22-15-20(31)24-28(22)12-9-21-26(5)10-7-17(3)13-19(26)14-23(30)29(21,24)33-25(28)32-27;1-17(2)19(4)8-12-27(6)23-16-21(30)24-28(23)13-10-22-26(5)11-7-18(3)15-20(26)9-14-29(22,24)32-25(28)31-27;1-15(2)16(3)6-10-26(5)21-14-19(31)23-27(21)11-8-20-25(4)9-7-18(30)12-17(25)13-22(29)28(20,23)33-24(27)32-26;1-15(2)16(3)6-10-26(5)21-14-19-23-27(21,24(32-19)33-26)11-8-20-25(4)9-7-18(30)12-17(25)13-22(29)28(20,23)31;2*2-1-3/h16-25,31H,7-15H2,1-6H3;17-18,20,22-25H,4,7-16H2,1-3,5-6H3;15-24,30-31H,6-14H2,1-5H3;15,17-24,30-31H,3,6-14H2,1-2,4-5H3;;. The van der Waals surface area contributed by atoms with E-state index in [0.717, 1.165) is 165 Å². The lowest BCUT2D eigenvalue weighted by molar-refractivity contribution is -0.248. The molecule has 24 aliphatic rings. The van der Waals surface area contributed by atoms with E-state index < -0.39 is 5.60 Å². The van der Waals surface area contributed by atoms with Gasteiger partial charge in [0.15, 0.2) is 25.2 Å². The first-order valence-corrected chi connectivity index (χ1v) is 58.2. The summed E-state index contributed by atoms with van der Waals surface area (Å²) in [5.74, 6) is 12.2. The van der Waals surface area contributed by atoms with Gasteiger partial charge in [0, 0.05) is 79.2 Å². The molecule has 16 saturated carbocycles. The van der Waals surface area contributed by atoms with Gasteiger partial charge in [-0.25, -0.2) is 0 Å². The van der Waals surface area contributed by atoms with Crippen molar-refractivity contribution in [2.24, 2.45) is 185 Å². The van der Waals surface area contributed by atoms with E-state index in [4.69, 9.17) is 68.7 Å². The molecule has 8 bridgehead atoms. The Balaban J connectivity index is 0.000000115. The highest BCUT2D eigenvalue weighted by Gasteiger charge is 2.90. The van der Waals surface area contributed by atoms with Crippen LogP contribution in [0.3, 0.4) is 0 Å². The summed E-state index contributed by atoms with van der Waals surface area (Å²) in [7, 11) is 0. The van der Waals surface area contributed by atoms with E-state index in [9.17, 15) is 30.3 Å². The van der Waals surface area contributed by atoms with Gasteiger partial charge in [0.05, 0.1) is 86.6 Å². The Kier molecular flexibility index (Phi) is 27.3. The molecule has 8 aliphatic heterocycles. The number of hydrogen-bond donors (Lipinski definition) is 5. The molecule has 24 rings (SSSR count). The van der Waals surface area contributed by atoms with Crippen LogP contribution in [0.2, 0.25) is 0 Å². The van der Waals surface area contributed by atoms with E-state index >= 15 is 0 Å². The Bertz CT molecular complexity index is 4450. The lowest BCUT2D eigenvalue weighted by Crippen LogP contribution is -2.69. The van der Waals surface area contributed by atoms with Crippen LogP contribution in [0.15, 0.2) is 24.3 Å². The van der Waals surface area contributed by atoms with Gasteiger partial charge in [-0.15, -0.1) is 11.6 Å². The number of alkyl halides is 3. The van der Waals surface area contributed by atoms with Crippen LogP contribution in [0, 0.1) is 185 Å². The highest BCUT2D eigenvalue weighted by atomic mass is 79.9. The molecule has 8 heterocycles. The first-order valence-electron chi connectivity index (χ1n) is 56.0. The Hall–Kier alpha value is -1.36. The number of carbonyl (C=O) groups is 1. The third kappa shape index (κ3) is 14.7. The van der Waals surface area contributed by atoms with Crippen LogP contribution in [0.5, 0.6) is 0 Å². The molecule has 8 saturated heterocycles. The molecule has 0 radical (unpaired) electrons. The fraction of sp³-hybridized carbons (Fsp3) is 0.940. The molecule has 0 amide bonds. The largest absolute Gasteiger partial charge is 0.393 e. The summed E-state index contributed by atoms with van der Waals surface area (Å²) in [5, 5.41) is 56.6. The molecule has 137 heavy (non-hydrogen) atoms. The van der Waals surface area contributed by atoms with Crippen LogP contribution in [-0.4, -0.2) is 159 Å². The molecule has 16 aliphatic carbocycles. The Morgan fingerprint density at radius 2 is 0.796 bits per heavy atom. The molecular formula is C116H179Br2ClO18. The topological polar surface area (TPSA) is 260 Å². The number of carbonyl (C=O) groups excluding carboxylic acids is 5. The Labute approximate surface area is 844 Å². The maximum Gasteiger partial charge on any atom is 0.373 e. The molecule has 772 valence electrons. The van der Waals surface area contributed by atoms with Crippen molar-refractivity contribution in [1.29, 1.82) is 0 Å². The second-order valence-electron chi connectivity index (χ2n) is 55.4. The normalized spacial score (nSPS) is 56.1. The zero-order valence-electron chi connectivity index (χ0n) is 87.5. The summed E-state index contributed by atoms with van der Waals surface area (Å²) >= 11 is 15.5. The fourth-order valence-corrected chi connectivity index (χ4v) is 43.8. The minimum Gasteiger partial charge on any atom is -0.393 e. The van der Waals surface area contributed by atoms with E-state index in [1.165, 1.54) is 101 Å². The Morgan fingerprint density at radius 1 is 0.416 bits per heavy atom. The van der Waals surface area contributed by atoms with Crippen molar-refractivity contribution in [3.05, 3.63) is 24.3 Å². The van der Waals surface area contributed by atoms with Crippen LogP contribution in [0.4, 0.5) is 0 Å². The summed E-state index contributed by atoms with van der Waals surface area (Å²) < 4.78 is 55.8. The van der Waals surface area contributed by atoms with Gasteiger partial charge < -0.3 is 63.4 Å². The second-order valence-corrected chi connectivity index (χ2v) is 58.2. The third-order valence-electron chi connectivity index (χ3n) is 48.9. The second kappa shape index (κ2) is 35.9. The maximum absolute atomic E-state index is 13.8. The number of aliphatic hydroxyl groups is 5. The SMILES string of the molecule is C=C(CCC1(C)OC2OC34CCC5CC(C)CCC5(C)C3CCC23C1CC(=O)C43)C(C)C.C=C(CCC1(C)OC2OC3CC1C21CCC2C4(C)CCC(O)CC4CC(Cl)C2(O)C31)C(C)C.CC(C)C(C)CCC1(C)OC2OC34C(Br)CC5CC(O)CCC5(C)C3CCC23C1CC(O)C34.CC1CCC2(C)C(C1)CC(Br)C13OC4OC(C)(CCC(C)C(C)C)C5CC(O)C1C45CCC23.O=C=O.O=C=O. The van der Waals surface area contributed by atoms with Crippen molar-refractivity contribution < 1.29 is 87.4 Å².